The van der Waals surface area contributed by atoms with Crippen LogP contribution in [0.15, 0.2) is 24.5 Å². The van der Waals surface area contributed by atoms with Gasteiger partial charge in [-0.15, -0.1) is 0 Å². The molecule has 0 bridgehead atoms. The number of sulfonamides is 1. The van der Waals surface area contributed by atoms with Crippen LogP contribution in [0.1, 0.15) is 31.7 Å². The van der Waals surface area contributed by atoms with E-state index in [9.17, 15) is 8.42 Å². The lowest BCUT2D eigenvalue weighted by Crippen LogP contribution is -2.58. The molecule has 134 valence electrons. The van der Waals surface area contributed by atoms with Crippen molar-refractivity contribution in [2.45, 2.75) is 38.9 Å². The van der Waals surface area contributed by atoms with Crippen LogP contribution in [0.3, 0.4) is 0 Å². The molecule has 0 saturated carbocycles. The summed E-state index contributed by atoms with van der Waals surface area (Å²) in [6, 6.07) is 3.87. The first-order chi connectivity index (χ1) is 11.6. The molecule has 2 fully saturated rings. The molecular formula is C17H26N2O4S. The molecule has 0 amide bonds. The minimum Gasteiger partial charge on any atom is -0.377 e. The average molecular weight is 354 g/mol. The number of fused-ring (bicyclic) bond motifs is 1. The number of piperidine rings is 1. The average Bonchev–Trinajstić information content (AvgIpc) is 2.62. The standard InChI is InChI=1S/C17H26N2O4S/c1-2-24(20,21)19-9-6-16-17(13-19,7-4-10-23-16)14-22-12-15-5-3-8-18-11-15/h3,5,8,11,16H,2,4,6-7,9-10,12-14H2,1H3/t16-,17+/m1/s1. The Morgan fingerprint density at radius 2 is 2.38 bits per heavy atom. The summed E-state index contributed by atoms with van der Waals surface area (Å²) in [4.78, 5) is 4.09. The fraction of sp³-hybridized carbons (Fsp3) is 0.706. The largest absolute Gasteiger partial charge is 0.377 e. The van der Waals surface area contributed by atoms with Crippen molar-refractivity contribution in [1.82, 2.24) is 9.29 Å². The van der Waals surface area contributed by atoms with Crippen molar-refractivity contribution in [3.63, 3.8) is 0 Å². The second-order valence-corrected chi connectivity index (χ2v) is 8.96. The third kappa shape index (κ3) is 3.79. The van der Waals surface area contributed by atoms with Crippen LogP contribution in [0.4, 0.5) is 0 Å². The first-order valence-electron chi connectivity index (χ1n) is 8.62. The summed E-state index contributed by atoms with van der Waals surface area (Å²) in [5.74, 6) is 0.144. The number of rotatable bonds is 6. The van der Waals surface area contributed by atoms with Gasteiger partial charge in [-0.3, -0.25) is 4.98 Å². The molecule has 3 rings (SSSR count). The van der Waals surface area contributed by atoms with Crippen molar-refractivity contribution in [2.24, 2.45) is 5.41 Å². The lowest BCUT2D eigenvalue weighted by molar-refractivity contribution is -0.144. The summed E-state index contributed by atoms with van der Waals surface area (Å²) in [5.41, 5.74) is 0.789. The molecule has 6 nitrogen and oxygen atoms in total. The minimum absolute atomic E-state index is 0.0865. The summed E-state index contributed by atoms with van der Waals surface area (Å²) >= 11 is 0. The maximum Gasteiger partial charge on any atom is 0.213 e. The molecular weight excluding hydrogens is 328 g/mol. The lowest BCUT2D eigenvalue weighted by Gasteiger charge is -2.49. The van der Waals surface area contributed by atoms with Crippen molar-refractivity contribution < 1.29 is 17.9 Å². The Hall–Kier alpha value is -1.02. The number of pyridine rings is 1. The first-order valence-corrected chi connectivity index (χ1v) is 10.2. The van der Waals surface area contributed by atoms with Gasteiger partial charge in [0.15, 0.2) is 0 Å². The van der Waals surface area contributed by atoms with Crippen molar-refractivity contribution >= 4 is 10.0 Å². The predicted octanol–water partition coefficient (Wildman–Crippen LogP) is 1.82. The van der Waals surface area contributed by atoms with E-state index < -0.39 is 10.0 Å². The van der Waals surface area contributed by atoms with Crippen LogP contribution in [0.2, 0.25) is 0 Å². The van der Waals surface area contributed by atoms with Gasteiger partial charge in [-0.05, 0) is 37.8 Å². The van der Waals surface area contributed by atoms with Crippen LogP contribution in [0.25, 0.3) is 0 Å². The topological polar surface area (TPSA) is 68.7 Å². The highest BCUT2D eigenvalue weighted by atomic mass is 32.2. The zero-order valence-electron chi connectivity index (χ0n) is 14.2. The van der Waals surface area contributed by atoms with Crippen LogP contribution in [-0.2, 0) is 26.1 Å². The molecule has 2 saturated heterocycles. The Labute approximate surface area is 144 Å². The number of nitrogens with zero attached hydrogens (tertiary/aromatic N) is 2. The molecule has 3 heterocycles. The Morgan fingerprint density at radius 1 is 1.50 bits per heavy atom. The molecule has 0 aliphatic carbocycles. The normalized spacial score (nSPS) is 28.5. The zero-order valence-corrected chi connectivity index (χ0v) is 15.0. The van der Waals surface area contributed by atoms with Gasteiger partial charge in [0.1, 0.15) is 0 Å². The van der Waals surface area contributed by atoms with Gasteiger partial charge in [-0.2, -0.15) is 0 Å². The Morgan fingerprint density at radius 3 is 3.12 bits per heavy atom. The third-order valence-electron chi connectivity index (χ3n) is 5.09. The van der Waals surface area contributed by atoms with E-state index in [0.717, 1.165) is 31.4 Å². The number of hydrogen-bond donors (Lipinski definition) is 0. The van der Waals surface area contributed by atoms with Crippen molar-refractivity contribution in [3.05, 3.63) is 30.1 Å². The smallest absolute Gasteiger partial charge is 0.213 e. The summed E-state index contributed by atoms with van der Waals surface area (Å²) in [5, 5.41) is 0. The fourth-order valence-corrected chi connectivity index (χ4v) is 4.94. The monoisotopic (exact) mass is 354 g/mol. The summed E-state index contributed by atoms with van der Waals surface area (Å²) < 4.78 is 38.2. The van der Waals surface area contributed by atoms with Crippen LogP contribution in [-0.4, -0.2) is 55.9 Å². The van der Waals surface area contributed by atoms with Crippen LogP contribution in [0.5, 0.6) is 0 Å². The maximum atomic E-state index is 12.3. The van der Waals surface area contributed by atoms with E-state index in [1.165, 1.54) is 0 Å². The molecule has 7 heteroatoms. The number of hydrogen-bond acceptors (Lipinski definition) is 5. The van der Waals surface area contributed by atoms with E-state index >= 15 is 0 Å². The second kappa shape index (κ2) is 7.47. The van der Waals surface area contributed by atoms with Crippen molar-refractivity contribution in [2.75, 3.05) is 32.1 Å². The van der Waals surface area contributed by atoms with E-state index in [4.69, 9.17) is 9.47 Å². The van der Waals surface area contributed by atoms with E-state index in [1.54, 1.807) is 23.6 Å². The quantitative estimate of drug-likeness (QED) is 0.779. The number of aromatic nitrogens is 1. The third-order valence-corrected chi connectivity index (χ3v) is 6.92. The first kappa shape index (κ1) is 17.8. The molecule has 24 heavy (non-hydrogen) atoms. The molecule has 2 atom stereocenters. The highest BCUT2D eigenvalue weighted by Gasteiger charge is 2.48. The lowest BCUT2D eigenvalue weighted by atomic mass is 9.73. The van der Waals surface area contributed by atoms with Gasteiger partial charge in [0, 0.05) is 37.5 Å². The minimum atomic E-state index is -3.17. The van der Waals surface area contributed by atoms with Gasteiger partial charge in [-0.25, -0.2) is 12.7 Å². The van der Waals surface area contributed by atoms with Crippen LogP contribution < -0.4 is 0 Å². The van der Waals surface area contributed by atoms with Gasteiger partial charge in [0.25, 0.3) is 0 Å². The molecule has 0 unspecified atom stereocenters. The number of ether oxygens (including phenoxy) is 2. The van der Waals surface area contributed by atoms with Crippen LogP contribution >= 0.6 is 0 Å². The molecule has 2 aliphatic rings. The molecule has 2 aliphatic heterocycles. The summed E-state index contributed by atoms with van der Waals surface area (Å²) in [6.07, 6.45) is 6.26. The molecule has 1 aromatic heterocycles. The molecule has 1 aromatic rings. The van der Waals surface area contributed by atoms with E-state index in [2.05, 4.69) is 4.98 Å². The highest BCUT2D eigenvalue weighted by Crippen LogP contribution is 2.41. The predicted molar refractivity (Wildman–Crippen MR) is 91.0 cm³/mol. The summed E-state index contributed by atoms with van der Waals surface area (Å²) in [6.45, 7) is 4.51. The van der Waals surface area contributed by atoms with Gasteiger partial charge in [0.2, 0.25) is 10.0 Å². The molecule has 0 radical (unpaired) electrons. The van der Waals surface area contributed by atoms with Gasteiger partial charge >= 0.3 is 0 Å². The molecule has 0 N–H and O–H groups in total. The van der Waals surface area contributed by atoms with Crippen molar-refractivity contribution in [3.8, 4) is 0 Å². The van der Waals surface area contributed by atoms with Crippen LogP contribution in [0, 0.1) is 5.41 Å². The second-order valence-electron chi connectivity index (χ2n) is 6.70. The maximum absolute atomic E-state index is 12.3. The van der Waals surface area contributed by atoms with Gasteiger partial charge < -0.3 is 9.47 Å². The Bertz CT molecular complexity index is 637. The van der Waals surface area contributed by atoms with Gasteiger partial charge in [0.05, 0.1) is 25.1 Å². The van der Waals surface area contributed by atoms with Crippen molar-refractivity contribution in [1.29, 1.82) is 0 Å². The summed E-state index contributed by atoms with van der Waals surface area (Å²) in [7, 11) is -3.17. The van der Waals surface area contributed by atoms with E-state index in [-0.39, 0.29) is 17.3 Å². The SMILES string of the molecule is CCS(=O)(=O)N1CC[C@H]2OCCC[C@@]2(COCc2cccnc2)C1. The molecule has 0 spiro atoms. The van der Waals surface area contributed by atoms with Gasteiger partial charge in [-0.1, -0.05) is 6.07 Å². The Balaban J connectivity index is 1.69. The van der Waals surface area contributed by atoms with E-state index in [0.29, 0.717) is 26.3 Å². The zero-order chi connectivity index (χ0) is 17.0. The highest BCUT2D eigenvalue weighted by molar-refractivity contribution is 7.89. The van der Waals surface area contributed by atoms with E-state index in [1.807, 2.05) is 12.1 Å². The molecule has 0 aromatic carbocycles. The fourth-order valence-electron chi connectivity index (χ4n) is 3.74. The Kier molecular flexibility index (Phi) is 5.54.